The number of nitrogen functional groups attached to an aromatic ring is 1. The Hall–Kier alpha value is -4.73. The number of ether oxygens (including phenoxy) is 1. The quantitative estimate of drug-likeness (QED) is 0.397. The molecule has 2 heterocycles. The molecule has 1 amide bonds. The molecule has 2 aromatic heterocycles. The molecule has 0 aliphatic heterocycles. The number of carbonyl (C=O) groups excluding carboxylic acids is 2. The highest BCUT2D eigenvalue weighted by Gasteiger charge is 2.25. The molecule has 160 valence electrons. The number of primary amides is 1. The lowest BCUT2D eigenvalue weighted by Gasteiger charge is -2.13. The van der Waals surface area contributed by atoms with Gasteiger partial charge in [-0.05, 0) is 24.3 Å². The number of hydrogen-bond acceptors (Lipinski definition) is 7. The summed E-state index contributed by atoms with van der Waals surface area (Å²) in [6.45, 7) is 0. The molecule has 0 spiro atoms. The SMILES string of the molecule is COc1ccc(-n2nc3c(N)c(C(=O)c4ccccc4)c(=O)[nH]c3c(C(N)=O)c2=O)cc1. The van der Waals surface area contributed by atoms with Gasteiger partial charge in [0.15, 0.2) is 0 Å². The number of pyridine rings is 1. The number of H-pyrrole nitrogens is 1. The van der Waals surface area contributed by atoms with Gasteiger partial charge in [-0.2, -0.15) is 9.78 Å². The van der Waals surface area contributed by atoms with Crippen LogP contribution in [0.2, 0.25) is 0 Å². The van der Waals surface area contributed by atoms with Crippen LogP contribution in [0.25, 0.3) is 16.7 Å². The van der Waals surface area contributed by atoms with Crippen molar-refractivity contribution in [2.24, 2.45) is 5.73 Å². The van der Waals surface area contributed by atoms with Gasteiger partial charge in [-0.1, -0.05) is 30.3 Å². The van der Waals surface area contributed by atoms with Crippen LogP contribution in [0.5, 0.6) is 5.75 Å². The van der Waals surface area contributed by atoms with Gasteiger partial charge in [-0.25, -0.2) is 0 Å². The van der Waals surface area contributed by atoms with Gasteiger partial charge in [0.1, 0.15) is 22.4 Å². The number of nitrogens with two attached hydrogens (primary N) is 2. The van der Waals surface area contributed by atoms with E-state index in [1.807, 2.05) is 0 Å². The van der Waals surface area contributed by atoms with E-state index in [4.69, 9.17) is 16.2 Å². The van der Waals surface area contributed by atoms with Gasteiger partial charge in [0, 0.05) is 5.56 Å². The van der Waals surface area contributed by atoms with Crippen LogP contribution < -0.4 is 27.3 Å². The summed E-state index contributed by atoms with van der Waals surface area (Å²) in [5.74, 6) is -1.17. The lowest BCUT2D eigenvalue weighted by Crippen LogP contribution is -2.33. The number of methoxy groups -OCH3 is 1. The second kappa shape index (κ2) is 7.84. The number of amides is 1. The molecule has 0 unspecified atom stereocenters. The van der Waals surface area contributed by atoms with E-state index in [1.165, 1.54) is 19.2 Å². The van der Waals surface area contributed by atoms with E-state index in [1.54, 1.807) is 42.5 Å². The monoisotopic (exact) mass is 431 g/mol. The number of hydrogen-bond donors (Lipinski definition) is 3. The minimum atomic E-state index is -1.08. The normalized spacial score (nSPS) is 10.8. The van der Waals surface area contributed by atoms with Crippen molar-refractivity contribution < 1.29 is 14.3 Å². The summed E-state index contributed by atoms with van der Waals surface area (Å²) < 4.78 is 6.03. The van der Waals surface area contributed by atoms with E-state index in [0.29, 0.717) is 11.4 Å². The van der Waals surface area contributed by atoms with Crippen molar-refractivity contribution in [3.05, 3.63) is 92.0 Å². The van der Waals surface area contributed by atoms with Crippen molar-refractivity contribution in [2.75, 3.05) is 12.8 Å². The lowest BCUT2D eigenvalue weighted by molar-refractivity contribution is 0.0998. The van der Waals surface area contributed by atoms with Crippen LogP contribution >= 0.6 is 0 Å². The number of fused-ring (bicyclic) bond motifs is 1. The Morgan fingerprint density at radius 1 is 1.00 bits per heavy atom. The predicted octanol–water partition coefficient (Wildman–Crippen LogP) is 0.995. The van der Waals surface area contributed by atoms with Crippen LogP contribution in [0, 0.1) is 0 Å². The third-order valence-electron chi connectivity index (χ3n) is 4.91. The third-order valence-corrected chi connectivity index (χ3v) is 4.91. The van der Waals surface area contributed by atoms with Crippen LogP contribution in [-0.4, -0.2) is 33.6 Å². The van der Waals surface area contributed by atoms with Gasteiger partial charge in [-0.15, -0.1) is 0 Å². The zero-order valence-electron chi connectivity index (χ0n) is 16.8. The van der Waals surface area contributed by atoms with Crippen molar-refractivity contribution in [1.82, 2.24) is 14.8 Å². The summed E-state index contributed by atoms with van der Waals surface area (Å²) in [5, 5.41) is 4.23. The average Bonchev–Trinajstić information content (AvgIpc) is 2.79. The number of nitrogens with zero attached hydrogens (tertiary/aromatic N) is 2. The van der Waals surface area contributed by atoms with Gasteiger partial charge < -0.3 is 21.2 Å². The molecule has 0 atom stereocenters. The number of benzene rings is 2. The Kier molecular flexibility index (Phi) is 5.03. The van der Waals surface area contributed by atoms with E-state index in [9.17, 15) is 19.2 Å². The molecule has 0 saturated heterocycles. The summed E-state index contributed by atoms with van der Waals surface area (Å²) >= 11 is 0. The van der Waals surface area contributed by atoms with Gasteiger partial charge in [0.05, 0.1) is 24.0 Å². The molecule has 5 N–H and O–H groups in total. The Balaban J connectivity index is 2.05. The zero-order valence-corrected chi connectivity index (χ0v) is 16.8. The fourth-order valence-electron chi connectivity index (χ4n) is 3.34. The Labute approximate surface area is 180 Å². The maximum Gasteiger partial charge on any atom is 0.286 e. The molecule has 0 aliphatic rings. The van der Waals surface area contributed by atoms with Gasteiger partial charge in [0.25, 0.3) is 17.0 Å². The van der Waals surface area contributed by atoms with Gasteiger partial charge in [0.2, 0.25) is 5.78 Å². The smallest absolute Gasteiger partial charge is 0.286 e. The number of aromatic nitrogens is 3. The standard InChI is InChI=1S/C22H17N5O5/c1-32-13-9-7-12(8-10-13)27-22(31)15(20(24)29)17-18(26-27)16(23)14(21(30)25-17)19(28)11-5-3-2-4-6-11/h2-10H,23H2,1H3,(H2,24,29)(H,25,30). The first kappa shape index (κ1) is 20.5. The first-order chi connectivity index (χ1) is 15.3. The van der Waals surface area contributed by atoms with Crippen molar-refractivity contribution in [3.8, 4) is 11.4 Å². The number of ketones is 1. The predicted molar refractivity (Wildman–Crippen MR) is 117 cm³/mol. The lowest BCUT2D eigenvalue weighted by atomic mass is 10.0. The number of anilines is 1. The molecular formula is C22H17N5O5. The van der Waals surface area contributed by atoms with E-state index >= 15 is 0 Å². The number of rotatable bonds is 5. The minimum absolute atomic E-state index is 0.118. The topological polar surface area (TPSA) is 163 Å². The number of aromatic amines is 1. The zero-order chi connectivity index (χ0) is 23.0. The molecule has 10 nitrogen and oxygen atoms in total. The van der Waals surface area contributed by atoms with Crippen molar-refractivity contribution in [2.45, 2.75) is 0 Å². The van der Waals surface area contributed by atoms with Crippen molar-refractivity contribution >= 4 is 28.4 Å². The van der Waals surface area contributed by atoms with Crippen LogP contribution in [0.1, 0.15) is 26.3 Å². The molecule has 32 heavy (non-hydrogen) atoms. The van der Waals surface area contributed by atoms with E-state index in [-0.39, 0.29) is 27.8 Å². The summed E-state index contributed by atoms with van der Waals surface area (Å²) in [4.78, 5) is 53.1. The van der Waals surface area contributed by atoms with Crippen LogP contribution in [0.3, 0.4) is 0 Å². The van der Waals surface area contributed by atoms with E-state index < -0.39 is 28.4 Å². The minimum Gasteiger partial charge on any atom is -0.497 e. The molecule has 0 bridgehead atoms. The first-order valence-corrected chi connectivity index (χ1v) is 9.36. The summed E-state index contributed by atoms with van der Waals surface area (Å²) in [6, 6.07) is 14.4. The van der Waals surface area contributed by atoms with Crippen molar-refractivity contribution in [3.63, 3.8) is 0 Å². The molecule has 4 aromatic rings. The number of nitrogens with one attached hydrogen (secondary N) is 1. The number of carbonyl (C=O) groups is 2. The molecule has 0 fully saturated rings. The fourth-order valence-corrected chi connectivity index (χ4v) is 3.34. The second-order valence-electron chi connectivity index (χ2n) is 6.82. The van der Waals surface area contributed by atoms with Gasteiger partial charge in [-0.3, -0.25) is 19.2 Å². The fraction of sp³-hybridized carbons (Fsp3) is 0.0455. The molecule has 0 aliphatic carbocycles. The van der Waals surface area contributed by atoms with Crippen LogP contribution in [-0.2, 0) is 0 Å². The average molecular weight is 431 g/mol. The molecule has 10 heteroatoms. The molecule has 0 radical (unpaired) electrons. The second-order valence-corrected chi connectivity index (χ2v) is 6.82. The van der Waals surface area contributed by atoms with Crippen LogP contribution in [0.4, 0.5) is 5.69 Å². The summed E-state index contributed by atoms with van der Waals surface area (Å²) in [7, 11) is 1.49. The summed E-state index contributed by atoms with van der Waals surface area (Å²) in [6.07, 6.45) is 0. The van der Waals surface area contributed by atoms with E-state index in [2.05, 4.69) is 10.1 Å². The maximum atomic E-state index is 13.0. The van der Waals surface area contributed by atoms with Crippen molar-refractivity contribution in [1.29, 1.82) is 0 Å². The highest BCUT2D eigenvalue weighted by atomic mass is 16.5. The summed E-state index contributed by atoms with van der Waals surface area (Å²) in [5.41, 5.74) is 8.93. The Bertz CT molecular complexity index is 1490. The first-order valence-electron chi connectivity index (χ1n) is 9.36. The highest BCUT2D eigenvalue weighted by Crippen LogP contribution is 2.23. The maximum absolute atomic E-state index is 13.0. The largest absolute Gasteiger partial charge is 0.497 e. The van der Waals surface area contributed by atoms with Gasteiger partial charge >= 0.3 is 0 Å². The molecular weight excluding hydrogens is 414 g/mol. The molecule has 0 saturated carbocycles. The molecule has 2 aromatic carbocycles. The Morgan fingerprint density at radius 3 is 2.25 bits per heavy atom. The molecule has 4 rings (SSSR count). The Morgan fingerprint density at radius 2 is 1.66 bits per heavy atom. The highest BCUT2D eigenvalue weighted by molar-refractivity contribution is 6.16. The van der Waals surface area contributed by atoms with E-state index in [0.717, 1.165) is 4.68 Å². The third kappa shape index (κ3) is 3.29. The van der Waals surface area contributed by atoms with Crippen LogP contribution in [0.15, 0.2) is 64.2 Å².